The average Bonchev–Trinajstić information content (AvgIpc) is 3.02. The van der Waals surface area contributed by atoms with Crippen LogP contribution in [0.2, 0.25) is 0 Å². The van der Waals surface area contributed by atoms with E-state index in [0.717, 1.165) is 0 Å². The minimum Gasteiger partial charge on any atom is -0.462 e. The van der Waals surface area contributed by atoms with Gasteiger partial charge < -0.3 is 24.5 Å². The topological polar surface area (TPSA) is 151 Å². The van der Waals surface area contributed by atoms with E-state index in [1.807, 2.05) is 0 Å². The molecule has 4 rings (SSSR count). The summed E-state index contributed by atoms with van der Waals surface area (Å²) in [7, 11) is 0. The monoisotopic (exact) mass is 463 g/mol. The van der Waals surface area contributed by atoms with Crippen molar-refractivity contribution in [2.24, 2.45) is 11.8 Å². The predicted octanol–water partition coefficient (Wildman–Crippen LogP) is 1.06. The maximum Gasteiger partial charge on any atom is 0.308 e. The number of hydrogen-bond acceptors (Lipinski definition) is 9. The highest BCUT2D eigenvalue weighted by Crippen LogP contribution is 2.66. The van der Waals surface area contributed by atoms with Gasteiger partial charge in [-0.25, -0.2) is 9.37 Å². The molecule has 1 aliphatic heterocycles. The second-order valence-corrected chi connectivity index (χ2v) is 8.98. The van der Waals surface area contributed by atoms with E-state index in [1.165, 1.54) is 17.0 Å². The number of ether oxygens (including phenoxy) is 3. The Labute approximate surface area is 188 Å². The first-order chi connectivity index (χ1) is 15.5. The number of aromatic nitrogens is 4. The molecule has 11 nitrogen and oxygen atoms in total. The van der Waals surface area contributed by atoms with E-state index in [0.29, 0.717) is 0 Å². The van der Waals surface area contributed by atoms with Gasteiger partial charge in [0.1, 0.15) is 18.8 Å². The molecule has 5 atom stereocenters. The molecule has 12 heteroatoms. The summed E-state index contributed by atoms with van der Waals surface area (Å²) in [4.78, 5) is 47.0. The number of nitrogens with one attached hydrogen (secondary N) is 1. The number of H-pyrrole nitrogens is 1. The van der Waals surface area contributed by atoms with Crippen LogP contribution in [0.1, 0.15) is 33.7 Å². The molecule has 3 heterocycles. The fourth-order valence-electron chi connectivity index (χ4n) is 4.08. The molecule has 0 bridgehead atoms. The van der Waals surface area contributed by atoms with Crippen LogP contribution in [0.4, 0.5) is 10.3 Å². The number of halogens is 1. The average molecular weight is 463 g/mol. The number of nitrogens with two attached hydrogens (primary N) is 1. The van der Waals surface area contributed by atoms with Gasteiger partial charge in [0.2, 0.25) is 11.6 Å². The molecular weight excluding hydrogens is 437 g/mol. The summed E-state index contributed by atoms with van der Waals surface area (Å²) in [6, 6.07) is -1.00. The summed E-state index contributed by atoms with van der Waals surface area (Å²) in [5, 5.41) is 0. The van der Waals surface area contributed by atoms with Gasteiger partial charge in [-0.3, -0.25) is 19.4 Å². The Kier molecular flexibility index (Phi) is 5.31. The number of rotatable bonds is 7. The number of nitrogen functional groups attached to an aromatic ring is 1. The van der Waals surface area contributed by atoms with Crippen molar-refractivity contribution in [3.63, 3.8) is 0 Å². The molecule has 2 fully saturated rings. The summed E-state index contributed by atoms with van der Waals surface area (Å²) in [5.41, 5.74) is 1.32. The van der Waals surface area contributed by atoms with Crippen molar-refractivity contribution >= 4 is 29.1 Å². The SMILES string of the molecule is C=CC1(COC(=O)C(C)C)OC2C(n3cnc4c(=O)[nH]c(N)nc43)C2(F)C1OC(=O)C(C)C. The maximum atomic E-state index is 16.5. The smallest absolute Gasteiger partial charge is 0.308 e. The van der Waals surface area contributed by atoms with Gasteiger partial charge in [0, 0.05) is 0 Å². The summed E-state index contributed by atoms with van der Waals surface area (Å²) in [6.45, 7) is 9.88. The number of aromatic amines is 1. The van der Waals surface area contributed by atoms with Gasteiger partial charge in [-0.05, 0) is 0 Å². The molecule has 2 aliphatic rings. The molecule has 0 spiro atoms. The number of alkyl halides is 1. The number of nitrogens with zero attached hydrogens (tertiary/aromatic N) is 3. The van der Waals surface area contributed by atoms with Gasteiger partial charge in [0.15, 0.2) is 22.9 Å². The third-order valence-electron chi connectivity index (χ3n) is 5.97. The fraction of sp³-hybridized carbons (Fsp3) is 0.571. The van der Waals surface area contributed by atoms with Crippen LogP contribution in [0.15, 0.2) is 23.8 Å². The molecule has 1 aliphatic carbocycles. The molecule has 0 radical (unpaired) electrons. The highest BCUT2D eigenvalue weighted by Gasteiger charge is 2.84. The molecule has 2 aromatic rings. The Balaban J connectivity index is 1.72. The number of hydrogen-bond donors (Lipinski definition) is 2. The minimum absolute atomic E-state index is 0.0191. The van der Waals surface area contributed by atoms with Crippen LogP contribution < -0.4 is 11.3 Å². The third-order valence-corrected chi connectivity index (χ3v) is 5.97. The highest BCUT2D eigenvalue weighted by atomic mass is 19.1. The molecule has 0 aromatic carbocycles. The number of carbonyl (C=O) groups excluding carboxylic acids is 2. The Morgan fingerprint density at radius 2 is 2.03 bits per heavy atom. The molecule has 3 N–H and O–H groups in total. The largest absolute Gasteiger partial charge is 0.462 e. The van der Waals surface area contributed by atoms with Crippen LogP contribution in [0.25, 0.3) is 11.2 Å². The second-order valence-electron chi connectivity index (χ2n) is 8.98. The van der Waals surface area contributed by atoms with Crippen molar-refractivity contribution in [3.05, 3.63) is 29.3 Å². The van der Waals surface area contributed by atoms with E-state index in [1.54, 1.807) is 27.7 Å². The van der Waals surface area contributed by atoms with Gasteiger partial charge in [-0.2, -0.15) is 4.98 Å². The second kappa shape index (κ2) is 7.65. The van der Waals surface area contributed by atoms with Crippen LogP contribution in [-0.4, -0.2) is 61.5 Å². The number of esters is 2. The van der Waals surface area contributed by atoms with Crippen molar-refractivity contribution < 1.29 is 28.2 Å². The van der Waals surface area contributed by atoms with Crippen LogP contribution >= 0.6 is 0 Å². The van der Waals surface area contributed by atoms with E-state index < -0.39 is 58.9 Å². The van der Waals surface area contributed by atoms with E-state index in [9.17, 15) is 14.4 Å². The van der Waals surface area contributed by atoms with E-state index in [4.69, 9.17) is 19.9 Å². The van der Waals surface area contributed by atoms with Crippen molar-refractivity contribution in [2.75, 3.05) is 12.3 Å². The number of fused-ring (bicyclic) bond motifs is 2. The van der Waals surface area contributed by atoms with Gasteiger partial charge in [0.05, 0.1) is 18.2 Å². The Bertz CT molecular complexity index is 1190. The molecule has 1 saturated carbocycles. The standard InChI is InChI=1S/C21H26FN5O6/c1-6-20(7-31-16(29)9(2)3)18(32-17(30)10(4)5)21(22)12(13(21)33-20)27-8-24-11-14(27)25-19(23)26-15(11)28/h6,8-10,12-13,18H,1,7H2,2-5H3,(H3,23,25,26,28). The molecule has 5 unspecified atom stereocenters. The molecule has 2 aromatic heterocycles. The van der Waals surface area contributed by atoms with Crippen molar-refractivity contribution in [3.8, 4) is 0 Å². The summed E-state index contributed by atoms with van der Waals surface area (Å²) >= 11 is 0. The van der Waals surface area contributed by atoms with E-state index >= 15 is 4.39 Å². The number of imidazole rings is 1. The lowest BCUT2D eigenvalue weighted by Gasteiger charge is -2.35. The normalized spacial score (nSPS) is 30.5. The zero-order chi connectivity index (χ0) is 24.3. The first kappa shape index (κ1) is 22.9. The highest BCUT2D eigenvalue weighted by molar-refractivity contribution is 5.73. The van der Waals surface area contributed by atoms with Gasteiger partial charge in [0.25, 0.3) is 5.56 Å². The van der Waals surface area contributed by atoms with Crippen molar-refractivity contribution in [2.45, 2.75) is 57.2 Å². The van der Waals surface area contributed by atoms with Crippen LogP contribution in [0.3, 0.4) is 0 Å². The summed E-state index contributed by atoms with van der Waals surface area (Å²) in [6.07, 6.45) is -0.0198. The lowest BCUT2D eigenvalue weighted by atomic mass is 9.93. The predicted molar refractivity (Wildman–Crippen MR) is 114 cm³/mol. The molecular formula is C21H26FN5O6. The molecule has 178 valence electrons. The zero-order valence-corrected chi connectivity index (χ0v) is 18.7. The third kappa shape index (κ3) is 3.39. The van der Waals surface area contributed by atoms with Crippen molar-refractivity contribution in [1.82, 2.24) is 19.5 Å². The Morgan fingerprint density at radius 1 is 1.36 bits per heavy atom. The first-order valence-corrected chi connectivity index (χ1v) is 10.6. The van der Waals surface area contributed by atoms with Gasteiger partial charge in [-0.1, -0.05) is 40.3 Å². The minimum atomic E-state index is -2.21. The quantitative estimate of drug-likeness (QED) is 0.453. The summed E-state index contributed by atoms with van der Waals surface area (Å²) < 4.78 is 34.7. The number of carbonyl (C=O) groups is 2. The lowest BCUT2D eigenvalue weighted by molar-refractivity contribution is -0.178. The molecule has 0 amide bonds. The number of anilines is 1. The fourth-order valence-corrected chi connectivity index (χ4v) is 4.08. The van der Waals surface area contributed by atoms with Crippen LogP contribution in [0, 0.1) is 11.8 Å². The van der Waals surface area contributed by atoms with Crippen LogP contribution in [0.5, 0.6) is 0 Å². The van der Waals surface area contributed by atoms with Gasteiger partial charge >= 0.3 is 11.9 Å². The van der Waals surface area contributed by atoms with E-state index in [-0.39, 0.29) is 23.7 Å². The summed E-state index contributed by atoms with van der Waals surface area (Å²) in [5.74, 6) is -2.28. The maximum absolute atomic E-state index is 16.5. The lowest BCUT2D eigenvalue weighted by Crippen LogP contribution is -2.52. The molecule has 33 heavy (non-hydrogen) atoms. The van der Waals surface area contributed by atoms with E-state index in [2.05, 4.69) is 21.5 Å². The Morgan fingerprint density at radius 3 is 2.64 bits per heavy atom. The zero-order valence-electron chi connectivity index (χ0n) is 18.7. The molecule has 1 saturated heterocycles. The first-order valence-electron chi connectivity index (χ1n) is 10.6. The van der Waals surface area contributed by atoms with Gasteiger partial charge in [-0.15, -0.1) is 0 Å². The van der Waals surface area contributed by atoms with Crippen molar-refractivity contribution in [1.29, 1.82) is 0 Å². The Hall–Kier alpha value is -3.28. The van der Waals surface area contributed by atoms with Crippen LogP contribution in [-0.2, 0) is 23.8 Å².